The second-order valence-corrected chi connectivity index (χ2v) is 6.72. The Bertz CT molecular complexity index is 422. The molecule has 0 saturated heterocycles. The van der Waals surface area contributed by atoms with Gasteiger partial charge in [0.25, 0.3) is 0 Å². The van der Waals surface area contributed by atoms with Crippen molar-refractivity contribution in [1.82, 2.24) is 9.78 Å². The molecular weight excluding hydrogens is 236 g/mol. The van der Waals surface area contributed by atoms with E-state index in [9.17, 15) is 5.11 Å². The minimum absolute atomic E-state index is 0.240. The number of rotatable bonds is 4. The van der Waals surface area contributed by atoms with Crippen molar-refractivity contribution >= 4 is 0 Å². The maximum absolute atomic E-state index is 10.6. The topological polar surface area (TPSA) is 38.0 Å². The van der Waals surface area contributed by atoms with Gasteiger partial charge in [-0.1, -0.05) is 33.6 Å². The minimum atomic E-state index is -0.240. The molecule has 19 heavy (non-hydrogen) atoms. The normalized spacial score (nSPS) is 24.4. The van der Waals surface area contributed by atoms with Gasteiger partial charge in [-0.25, -0.2) is 0 Å². The Hall–Kier alpha value is -0.830. The fourth-order valence-electron chi connectivity index (χ4n) is 3.53. The lowest BCUT2D eigenvalue weighted by Crippen LogP contribution is -2.38. The number of aryl methyl sites for hydroxylation is 2. The van der Waals surface area contributed by atoms with Crippen molar-refractivity contribution < 1.29 is 5.11 Å². The molecular formula is C16H28N2O. The van der Waals surface area contributed by atoms with E-state index in [1.54, 1.807) is 0 Å². The van der Waals surface area contributed by atoms with E-state index in [1.807, 2.05) is 11.7 Å². The summed E-state index contributed by atoms with van der Waals surface area (Å²) in [5.74, 6) is 0.418. The molecule has 1 fully saturated rings. The lowest BCUT2D eigenvalue weighted by molar-refractivity contribution is 0.00487. The molecule has 1 heterocycles. The summed E-state index contributed by atoms with van der Waals surface area (Å²) in [5, 5.41) is 15.1. The Labute approximate surface area is 117 Å². The molecule has 1 aliphatic carbocycles. The lowest BCUT2D eigenvalue weighted by Gasteiger charge is -2.41. The van der Waals surface area contributed by atoms with Crippen molar-refractivity contribution in [2.24, 2.45) is 18.4 Å². The molecule has 0 bridgehead atoms. The highest BCUT2D eigenvalue weighted by Gasteiger charge is 2.37. The highest BCUT2D eigenvalue weighted by atomic mass is 16.3. The zero-order chi connectivity index (χ0) is 14.0. The van der Waals surface area contributed by atoms with Gasteiger partial charge in [-0.3, -0.25) is 4.68 Å². The fraction of sp³-hybridized carbons (Fsp3) is 0.812. The second-order valence-electron chi connectivity index (χ2n) is 6.72. The molecule has 0 aromatic carbocycles. The molecule has 3 nitrogen and oxygen atoms in total. The molecule has 0 spiro atoms. The number of aliphatic hydroxyl groups is 1. The van der Waals surface area contributed by atoms with E-state index in [2.05, 4.69) is 31.9 Å². The third kappa shape index (κ3) is 3.19. The molecule has 0 aliphatic heterocycles. The zero-order valence-electron chi connectivity index (χ0n) is 12.8. The summed E-state index contributed by atoms with van der Waals surface area (Å²) in [5.41, 5.74) is 2.54. The Kier molecular flexibility index (Phi) is 4.34. The first-order valence-electron chi connectivity index (χ1n) is 7.64. The number of hydrogen-bond donors (Lipinski definition) is 1. The van der Waals surface area contributed by atoms with Crippen molar-refractivity contribution in [2.75, 3.05) is 0 Å². The predicted molar refractivity (Wildman–Crippen MR) is 78.0 cm³/mol. The van der Waals surface area contributed by atoms with Crippen LogP contribution >= 0.6 is 0 Å². The zero-order valence-corrected chi connectivity index (χ0v) is 12.8. The van der Waals surface area contributed by atoms with Crippen LogP contribution in [0.15, 0.2) is 6.07 Å². The maximum Gasteiger partial charge on any atom is 0.0628 e. The van der Waals surface area contributed by atoms with E-state index < -0.39 is 0 Å². The molecule has 0 radical (unpaired) electrons. The molecule has 0 amide bonds. The average Bonchev–Trinajstić information content (AvgIpc) is 2.69. The summed E-state index contributed by atoms with van der Waals surface area (Å²) >= 11 is 0. The molecule has 2 unspecified atom stereocenters. The molecule has 1 aromatic rings. The summed E-state index contributed by atoms with van der Waals surface area (Å²) < 4.78 is 1.93. The first kappa shape index (κ1) is 14.6. The molecule has 1 aliphatic rings. The van der Waals surface area contributed by atoms with E-state index in [-0.39, 0.29) is 11.5 Å². The maximum atomic E-state index is 10.6. The van der Waals surface area contributed by atoms with Gasteiger partial charge in [-0.15, -0.1) is 0 Å². The smallest absolute Gasteiger partial charge is 0.0628 e. The van der Waals surface area contributed by atoms with Crippen LogP contribution in [0.5, 0.6) is 0 Å². The van der Waals surface area contributed by atoms with Gasteiger partial charge in [0.2, 0.25) is 0 Å². The third-order valence-electron chi connectivity index (χ3n) is 4.86. The van der Waals surface area contributed by atoms with Gasteiger partial charge in [0.1, 0.15) is 0 Å². The number of hydrogen-bond acceptors (Lipinski definition) is 2. The standard InChI is InChI=1S/C16H28N2O/c1-5-12-10-13(18(4)17-12)11-15(19)14-8-6-7-9-16(14,2)3/h10,14-15,19H,5-9,11H2,1-4H3. The summed E-state index contributed by atoms with van der Waals surface area (Å²) in [6.07, 6.45) is 6.41. The first-order chi connectivity index (χ1) is 8.94. The largest absolute Gasteiger partial charge is 0.392 e. The van der Waals surface area contributed by atoms with Crippen LogP contribution in [0.25, 0.3) is 0 Å². The van der Waals surface area contributed by atoms with Crippen LogP contribution in [0.1, 0.15) is 57.8 Å². The van der Waals surface area contributed by atoms with Gasteiger partial charge in [0.05, 0.1) is 11.8 Å². The van der Waals surface area contributed by atoms with E-state index in [0.29, 0.717) is 5.92 Å². The van der Waals surface area contributed by atoms with Crippen LogP contribution in [0.4, 0.5) is 0 Å². The van der Waals surface area contributed by atoms with E-state index in [0.717, 1.165) is 30.7 Å². The molecule has 3 heteroatoms. The van der Waals surface area contributed by atoms with E-state index in [4.69, 9.17) is 0 Å². The van der Waals surface area contributed by atoms with Crippen LogP contribution in [0.3, 0.4) is 0 Å². The molecule has 2 atom stereocenters. The van der Waals surface area contributed by atoms with E-state index >= 15 is 0 Å². The van der Waals surface area contributed by atoms with Crippen molar-refractivity contribution in [1.29, 1.82) is 0 Å². The Morgan fingerprint density at radius 1 is 1.47 bits per heavy atom. The van der Waals surface area contributed by atoms with Gasteiger partial charge in [-0.2, -0.15) is 5.10 Å². The van der Waals surface area contributed by atoms with Crippen molar-refractivity contribution in [3.63, 3.8) is 0 Å². The highest BCUT2D eigenvalue weighted by molar-refractivity contribution is 5.11. The number of aromatic nitrogens is 2. The van der Waals surface area contributed by atoms with Gasteiger partial charge in [0, 0.05) is 19.2 Å². The quantitative estimate of drug-likeness (QED) is 0.907. The second kappa shape index (κ2) is 5.66. The van der Waals surface area contributed by atoms with Crippen LogP contribution in [-0.2, 0) is 19.9 Å². The number of nitrogens with zero attached hydrogens (tertiary/aromatic N) is 2. The van der Waals surface area contributed by atoms with Crippen molar-refractivity contribution in [3.05, 3.63) is 17.5 Å². The SMILES string of the molecule is CCc1cc(CC(O)C2CCCCC2(C)C)n(C)n1. The molecule has 1 N–H and O–H groups in total. The van der Waals surface area contributed by atoms with Crippen LogP contribution in [0, 0.1) is 11.3 Å². The lowest BCUT2D eigenvalue weighted by atomic mass is 9.66. The highest BCUT2D eigenvalue weighted by Crippen LogP contribution is 2.42. The van der Waals surface area contributed by atoms with Crippen LogP contribution < -0.4 is 0 Å². The van der Waals surface area contributed by atoms with Gasteiger partial charge >= 0.3 is 0 Å². The molecule has 1 aromatic heterocycles. The number of aliphatic hydroxyl groups excluding tert-OH is 1. The molecule has 1 saturated carbocycles. The Balaban J connectivity index is 2.07. The van der Waals surface area contributed by atoms with Gasteiger partial charge < -0.3 is 5.11 Å². The minimum Gasteiger partial charge on any atom is -0.392 e. The summed E-state index contributed by atoms with van der Waals surface area (Å²) in [4.78, 5) is 0. The van der Waals surface area contributed by atoms with Crippen LogP contribution in [0.2, 0.25) is 0 Å². The average molecular weight is 264 g/mol. The Morgan fingerprint density at radius 2 is 2.21 bits per heavy atom. The monoisotopic (exact) mass is 264 g/mol. The van der Waals surface area contributed by atoms with Crippen molar-refractivity contribution in [3.8, 4) is 0 Å². The predicted octanol–water partition coefficient (Wildman–Crippen LogP) is 3.10. The summed E-state index contributed by atoms with van der Waals surface area (Å²) in [7, 11) is 1.98. The van der Waals surface area contributed by atoms with Crippen molar-refractivity contribution in [2.45, 2.75) is 65.4 Å². The van der Waals surface area contributed by atoms with E-state index in [1.165, 1.54) is 19.3 Å². The molecule has 2 rings (SSSR count). The first-order valence-corrected chi connectivity index (χ1v) is 7.64. The third-order valence-corrected chi connectivity index (χ3v) is 4.86. The Morgan fingerprint density at radius 3 is 2.79 bits per heavy atom. The van der Waals surface area contributed by atoms with Crippen LogP contribution in [-0.4, -0.2) is 21.0 Å². The van der Waals surface area contributed by atoms with Gasteiger partial charge in [0.15, 0.2) is 0 Å². The van der Waals surface area contributed by atoms with Gasteiger partial charge in [-0.05, 0) is 36.7 Å². The summed E-state index contributed by atoms with van der Waals surface area (Å²) in [6.45, 7) is 6.73. The summed E-state index contributed by atoms with van der Waals surface area (Å²) in [6, 6.07) is 2.14. The fourth-order valence-corrected chi connectivity index (χ4v) is 3.53. The molecule has 108 valence electrons.